The maximum absolute atomic E-state index is 2.74. The van der Waals surface area contributed by atoms with Crippen LogP contribution >= 0.6 is 0 Å². The summed E-state index contributed by atoms with van der Waals surface area (Å²) in [6, 6.07) is 22.3. The van der Waals surface area contributed by atoms with E-state index in [0.29, 0.717) is 5.92 Å². The van der Waals surface area contributed by atoms with E-state index in [9.17, 15) is 0 Å². The summed E-state index contributed by atoms with van der Waals surface area (Å²) in [5.41, 5.74) is 4.41. The molecule has 0 aliphatic rings. The van der Waals surface area contributed by atoms with Crippen molar-refractivity contribution in [3.05, 3.63) is 89.5 Å². The molecule has 0 spiro atoms. The molecule has 0 aliphatic heterocycles. The molecule has 0 saturated heterocycles. The van der Waals surface area contributed by atoms with Crippen LogP contribution in [-0.4, -0.2) is 4.57 Å². The van der Waals surface area contributed by atoms with Crippen molar-refractivity contribution in [3.63, 3.8) is 0 Å². The number of nitrogens with zero attached hydrogens (tertiary/aromatic N) is 2. The van der Waals surface area contributed by atoms with Crippen LogP contribution in [-0.2, 0) is 25.9 Å². The van der Waals surface area contributed by atoms with E-state index in [1.54, 1.807) is 0 Å². The zero-order chi connectivity index (χ0) is 33.2. The lowest BCUT2D eigenvalue weighted by Crippen LogP contribution is -2.37. The Labute approximate surface area is 291 Å². The molecule has 0 saturated carbocycles. The molecule has 1 heterocycles. The molecule has 1 aromatic heterocycles. The molecule has 0 bridgehead atoms. The van der Waals surface area contributed by atoms with Crippen LogP contribution in [0.15, 0.2) is 66.9 Å². The van der Waals surface area contributed by atoms with Gasteiger partial charge >= 0.3 is 0 Å². The lowest BCUT2D eigenvalue weighted by atomic mass is 9.96. The maximum atomic E-state index is 2.74. The zero-order valence-electron chi connectivity index (χ0n) is 31.2. The largest absolute Gasteiger partial charge is 0.261 e. The first-order valence-corrected chi connectivity index (χ1v) is 20.4. The highest BCUT2D eigenvalue weighted by Crippen LogP contribution is 2.23. The third kappa shape index (κ3) is 16.5. The summed E-state index contributed by atoms with van der Waals surface area (Å²) in [5.74, 6) is 2.03. The lowest BCUT2D eigenvalue weighted by molar-refractivity contribution is -0.704. The number of imidazole rings is 1. The third-order valence-corrected chi connectivity index (χ3v) is 10.4. The molecule has 2 nitrogen and oxygen atoms in total. The minimum atomic E-state index is 0.516. The van der Waals surface area contributed by atoms with Crippen molar-refractivity contribution in [2.75, 3.05) is 0 Å². The average Bonchev–Trinajstić information content (AvgIpc) is 3.41. The first-order chi connectivity index (χ1) is 23.2. The quantitative estimate of drug-likeness (QED) is 0.0527. The second kappa shape index (κ2) is 25.6. The highest BCUT2D eigenvalue weighted by atomic mass is 15.2. The molecule has 262 valence electrons. The van der Waals surface area contributed by atoms with E-state index in [-0.39, 0.29) is 0 Å². The van der Waals surface area contributed by atoms with Gasteiger partial charge < -0.3 is 0 Å². The Bertz CT molecular complexity index is 1130. The van der Waals surface area contributed by atoms with Crippen LogP contribution in [0.4, 0.5) is 0 Å². The van der Waals surface area contributed by atoms with Gasteiger partial charge in [0.1, 0.15) is 11.9 Å². The number of unbranched alkanes of at least 4 members (excludes halogenated alkanes) is 20. The molecule has 0 fully saturated rings. The normalized spacial score (nSPS) is 12.1. The molecule has 47 heavy (non-hydrogen) atoms. The van der Waals surface area contributed by atoms with Crippen molar-refractivity contribution < 1.29 is 4.57 Å². The Morgan fingerprint density at radius 1 is 0.532 bits per heavy atom. The first kappa shape index (κ1) is 39.1. The number of rotatable bonds is 29. The SMILES string of the molecule is CCCCCCCCCCCCCCCCCCn1c(CC(C)c2ccccc2)c[n+](CCCCCCCC)c1Cc1ccccc1. The second-order valence-electron chi connectivity index (χ2n) is 14.6. The van der Waals surface area contributed by atoms with E-state index in [4.69, 9.17) is 0 Å². The summed E-state index contributed by atoms with van der Waals surface area (Å²) in [6.45, 7) is 9.33. The summed E-state index contributed by atoms with van der Waals surface area (Å²) in [5, 5.41) is 0. The van der Waals surface area contributed by atoms with E-state index in [1.807, 2.05) is 0 Å². The first-order valence-electron chi connectivity index (χ1n) is 20.4. The minimum Gasteiger partial charge on any atom is -0.234 e. The highest BCUT2D eigenvalue weighted by Gasteiger charge is 2.25. The second-order valence-corrected chi connectivity index (χ2v) is 14.6. The van der Waals surface area contributed by atoms with Gasteiger partial charge in [-0.15, -0.1) is 0 Å². The topological polar surface area (TPSA) is 8.81 Å². The van der Waals surface area contributed by atoms with Gasteiger partial charge in [-0.2, -0.15) is 0 Å². The minimum absolute atomic E-state index is 0.516. The number of aromatic nitrogens is 2. The maximum Gasteiger partial charge on any atom is 0.261 e. The van der Waals surface area contributed by atoms with Gasteiger partial charge in [0.05, 0.1) is 19.5 Å². The molecule has 3 rings (SSSR count). The van der Waals surface area contributed by atoms with Crippen molar-refractivity contribution in [2.24, 2.45) is 0 Å². The van der Waals surface area contributed by atoms with Gasteiger partial charge in [-0.25, -0.2) is 9.13 Å². The van der Waals surface area contributed by atoms with Crippen molar-refractivity contribution in [1.82, 2.24) is 4.57 Å². The Kier molecular flexibility index (Phi) is 21.3. The predicted molar refractivity (Wildman–Crippen MR) is 205 cm³/mol. The van der Waals surface area contributed by atoms with E-state index >= 15 is 0 Å². The standard InChI is InChI=1S/C45H73N2/c1-4-6-8-10-12-13-14-15-16-17-18-19-20-21-23-31-37-47-44(38-41(3)43-34-28-25-29-35-43)40-46(36-30-22-11-9-7-5-2)45(47)39-42-32-26-24-27-33-42/h24-29,32-35,40-41H,4-23,30-31,36-39H2,1-3H3/q+1. The summed E-state index contributed by atoms with van der Waals surface area (Å²) < 4.78 is 5.39. The monoisotopic (exact) mass is 642 g/mol. The third-order valence-electron chi connectivity index (χ3n) is 10.4. The van der Waals surface area contributed by atoms with Gasteiger partial charge in [0.15, 0.2) is 0 Å². The molecule has 2 aromatic carbocycles. The van der Waals surface area contributed by atoms with Gasteiger partial charge in [-0.05, 0) is 42.7 Å². The van der Waals surface area contributed by atoms with Crippen LogP contribution in [0.2, 0.25) is 0 Å². The molecule has 0 amide bonds. The molecule has 3 aromatic rings. The van der Waals surface area contributed by atoms with Gasteiger partial charge in [0.2, 0.25) is 0 Å². The Balaban J connectivity index is 1.52. The van der Waals surface area contributed by atoms with E-state index in [2.05, 4.69) is 96.8 Å². The fraction of sp³-hybridized carbons (Fsp3) is 0.667. The highest BCUT2D eigenvalue weighted by molar-refractivity contribution is 5.22. The van der Waals surface area contributed by atoms with E-state index < -0.39 is 0 Å². The van der Waals surface area contributed by atoms with Gasteiger partial charge in [-0.3, -0.25) is 0 Å². The van der Waals surface area contributed by atoms with Crippen LogP contribution in [0.1, 0.15) is 191 Å². The summed E-state index contributed by atoms with van der Waals surface area (Å²) in [4.78, 5) is 0. The molecule has 1 unspecified atom stereocenters. The van der Waals surface area contributed by atoms with Crippen LogP contribution in [0.3, 0.4) is 0 Å². The molecule has 0 aliphatic carbocycles. The molecule has 0 radical (unpaired) electrons. The number of aryl methyl sites for hydroxylation is 1. The molecular formula is C45H73N2+. The molecule has 1 atom stereocenters. The van der Waals surface area contributed by atoms with Gasteiger partial charge in [0, 0.05) is 6.42 Å². The molecular weight excluding hydrogens is 569 g/mol. The smallest absolute Gasteiger partial charge is 0.234 e. The van der Waals surface area contributed by atoms with Gasteiger partial charge in [-0.1, -0.05) is 197 Å². The Morgan fingerprint density at radius 3 is 1.49 bits per heavy atom. The van der Waals surface area contributed by atoms with E-state index in [1.165, 1.54) is 164 Å². The van der Waals surface area contributed by atoms with Crippen LogP contribution in [0.5, 0.6) is 0 Å². The molecule has 2 heteroatoms. The average molecular weight is 642 g/mol. The number of hydrogen-bond acceptors (Lipinski definition) is 0. The lowest BCUT2D eigenvalue weighted by Gasteiger charge is -2.12. The number of benzene rings is 2. The van der Waals surface area contributed by atoms with Crippen molar-refractivity contribution in [3.8, 4) is 0 Å². The van der Waals surface area contributed by atoms with Crippen molar-refractivity contribution in [1.29, 1.82) is 0 Å². The summed E-state index contributed by atoms with van der Waals surface area (Å²) in [7, 11) is 0. The molecule has 0 N–H and O–H groups in total. The zero-order valence-corrected chi connectivity index (χ0v) is 31.2. The fourth-order valence-electron chi connectivity index (χ4n) is 7.34. The fourth-order valence-corrected chi connectivity index (χ4v) is 7.34. The summed E-state index contributed by atoms with van der Waals surface area (Å²) >= 11 is 0. The van der Waals surface area contributed by atoms with Crippen LogP contribution in [0.25, 0.3) is 0 Å². The van der Waals surface area contributed by atoms with E-state index in [0.717, 1.165) is 25.9 Å². The summed E-state index contributed by atoms with van der Waals surface area (Å²) in [6.07, 6.45) is 35.5. The van der Waals surface area contributed by atoms with Crippen LogP contribution in [0, 0.1) is 0 Å². The van der Waals surface area contributed by atoms with Crippen molar-refractivity contribution >= 4 is 0 Å². The Hall–Kier alpha value is -2.35. The van der Waals surface area contributed by atoms with Crippen LogP contribution < -0.4 is 4.57 Å². The number of hydrogen-bond donors (Lipinski definition) is 0. The van der Waals surface area contributed by atoms with Gasteiger partial charge in [0.25, 0.3) is 5.82 Å². The predicted octanol–water partition coefficient (Wildman–Crippen LogP) is 13.3. The van der Waals surface area contributed by atoms with Crippen molar-refractivity contribution in [2.45, 2.75) is 194 Å². The Morgan fingerprint density at radius 2 is 0.979 bits per heavy atom.